The van der Waals surface area contributed by atoms with Gasteiger partial charge >= 0.3 is 0 Å². The first-order chi connectivity index (χ1) is 8.54. The summed E-state index contributed by atoms with van der Waals surface area (Å²) < 4.78 is 18.9. The van der Waals surface area contributed by atoms with Crippen LogP contribution in [0.3, 0.4) is 0 Å². The van der Waals surface area contributed by atoms with Crippen LogP contribution in [-0.2, 0) is 11.2 Å². The highest BCUT2D eigenvalue weighted by Gasteiger charge is 2.35. The first-order valence-corrected chi connectivity index (χ1v) is 6.69. The molecule has 0 saturated carbocycles. The largest absolute Gasteiger partial charge is 0.389 e. The molecular weight excluding hydrogens is 255 g/mol. The van der Waals surface area contributed by atoms with Crippen molar-refractivity contribution in [3.05, 3.63) is 34.6 Å². The summed E-state index contributed by atoms with van der Waals surface area (Å²) >= 11 is 5.93. The highest BCUT2D eigenvalue weighted by Crippen LogP contribution is 2.32. The van der Waals surface area contributed by atoms with Crippen molar-refractivity contribution in [2.45, 2.75) is 44.3 Å². The zero-order chi connectivity index (χ0) is 13.2. The Bertz CT molecular complexity index is 424. The minimum absolute atomic E-state index is 0.0797. The smallest absolute Gasteiger partial charge is 0.142 e. The summed E-state index contributed by atoms with van der Waals surface area (Å²) in [4.78, 5) is 0. The van der Waals surface area contributed by atoms with Crippen LogP contribution in [0.1, 0.15) is 31.7 Å². The Morgan fingerprint density at radius 3 is 3.06 bits per heavy atom. The summed E-state index contributed by atoms with van der Waals surface area (Å²) in [7, 11) is 0. The molecule has 2 rings (SSSR count). The molecule has 0 radical (unpaired) electrons. The van der Waals surface area contributed by atoms with E-state index in [1.807, 2.05) is 6.92 Å². The van der Waals surface area contributed by atoms with Crippen molar-refractivity contribution >= 4 is 11.6 Å². The molecule has 1 fully saturated rings. The molecule has 0 amide bonds. The van der Waals surface area contributed by atoms with Gasteiger partial charge in [0.15, 0.2) is 0 Å². The lowest BCUT2D eigenvalue weighted by atomic mass is 9.84. The number of aliphatic hydroxyl groups is 1. The first-order valence-electron chi connectivity index (χ1n) is 6.31. The van der Waals surface area contributed by atoms with Crippen LogP contribution in [0, 0.1) is 5.82 Å². The molecule has 100 valence electrons. The Kier molecular flexibility index (Phi) is 4.25. The van der Waals surface area contributed by atoms with E-state index in [-0.39, 0.29) is 11.1 Å². The lowest BCUT2D eigenvalue weighted by Gasteiger charge is -2.37. The summed E-state index contributed by atoms with van der Waals surface area (Å²) in [5.41, 5.74) is -0.174. The Morgan fingerprint density at radius 2 is 2.33 bits per heavy atom. The summed E-state index contributed by atoms with van der Waals surface area (Å²) in [5.74, 6) is -0.433. The number of hydrogen-bond acceptors (Lipinski definition) is 2. The minimum Gasteiger partial charge on any atom is -0.389 e. The molecule has 1 aromatic rings. The summed E-state index contributed by atoms with van der Waals surface area (Å²) in [5, 5.41) is 10.7. The Balaban J connectivity index is 2.14. The van der Waals surface area contributed by atoms with Gasteiger partial charge in [-0.05, 0) is 24.5 Å². The third kappa shape index (κ3) is 3.02. The molecule has 18 heavy (non-hydrogen) atoms. The lowest BCUT2D eigenvalue weighted by molar-refractivity contribution is -0.103. The van der Waals surface area contributed by atoms with Crippen LogP contribution in [0.15, 0.2) is 18.2 Å². The second-order valence-corrected chi connectivity index (χ2v) is 5.35. The van der Waals surface area contributed by atoms with Crippen LogP contribution in [0.25, 0.3) is 0 Å². The Hall–Kier alpha value is -0.640. The van der Waals surface area contributed by atoms with Crippen LogP contribution >= 0.6 is 11.6 Å². The number of hydrogen-bond donors (Lipinski definition) is 1. The fraction of sp³-hybridized carbons (Fsp3) is 0.571. The summed E-state index contributed by atoms with van der Waals surface area (Å²) in [6.07, 6.45) is 2.48. The zero-order valence-corrected chi connectivity index (χ0v) is 11.2. The van der Waals surface area contributed by atoms with Gasteiger partial charge in [0, 0.05) is 19.4 Å². The van der Waals surface area contributed by atoms with E-state index in [9.17, 15) is 9.50 Å². The van der Waals surface area contributed by atoms with Crippen molar-refractivity contribution in [3.8, 4) is 0 Å². The molecule has 1 aromatic carbocycles. The molecule has 2 nitrogen and oxygen atoms in total. The van der Waals surface area contributed by atoms with Gasteiger partial charge in [-0.15, -0.1) is 0 Å². The van der Waals surface area contributed by atoms with E-state index in [4.69, 9.17) is 16.3 Å². The quantitative estimate of drug-likeness (QED) is 0.914. The molecule has 2 unspecified atom stereocenters. The predicted octanol–water partition coefficient (Wildman–Crippen LogP) is 3.34. The summed E-state index contributed by atoms with van der Waals surface area (Å²) in [6, 6.07) is 4.71. The van der Waals surface area contributed by atoms with E-state index >= 15 is 0 Å². The maximum absolute atomic E-state index is 13.4. The van der Waals surface area contributed by atoms with Gasteiger partial charge in [0.25, 0.3) is 0 Å². The number of halogens is 2. The minimum atomic E-state index is -0.837. The highest BCUT2D eigenvalue weighted by molar-refractivity contribution is 6.31. The monoisotopic (exact) mass is 272 g/mol. The van der Waals surface area contributed by atoms with Gasteiger partial charge < -0.3 is 9.84 Å². The Labute approximate surface area is 112 Å². The van der Waals surface area contributed by atoms with Crippen LogP contribution < -0.4 is 0 Å². The van der Waals surface area contributed by atoms with Crippen molar-refractivity contribution in [2.75, 3.05) is 6.61 Å². The number of ether oxygens (including phenoxy) is 1. The molecule has 4 heteroatoms. The standard InChI is InChI=1S/C14H18ClFO2/c1-2-11-9-14(17,6-7-18-11)8-10-4-3-5-12(16)13(10)15/h3-5,11,17H,2,6-9H2,1H3. The van der Waals surface area contributed by atoms with Gasteiger partial charge in [0.1, 0.15) is 5.82 Å². The highest BCUT2D eigenvalue weighted by atomic mass is 35.5. The van der Waals surface area contributed by atoms with Crippen LogP contribution in [0.4, 0.5) is 4.39 Å². The van der Waals surface area contributed by atoms with E-state index < -0.39 is 11.4 Å². The van der Waals surface area contributed by atoms with E-state index in [0.29, 0.717) is 31.4 Å². The molecule has 1 heterocycles. The molecule has 0 bridgehead atoms. The molecule has 0 spiro atoms. The SMILES string of the molecule is CCC1CC(O)(Cc2cccc(F)c2Cl)CCO1. The fourth-order valence-electron chi connectivity index (χ4n) is 2.46. The maximum atomic E-state index is 13.4. The van der Waals surface area contributed by atoms with Crippen molar-refractivity contribution < 1.29 is 14.2 Å². The summed E-state index contributed by atoms with van der Waals surface area (Å²) in [6.45, 7) is 2.58. The van der Waals surface area contributed by atoms with Gasteiger partial charge in [0.2, 0.25) is 0 Å². The second kappa shape index (κ2) is 5.55. The van der Waals surface area contributed by atoms with Crippen molar-refractivity contribution in [1.82, 2.24) is 0 Å². The maximum Gasteiger partial charge on any atom is 0.142 e. The zero-order valence-electron chi connectivity index (χ0n) is 10.5. The molecule has 1 saturated heterocycles. The average Bonchev–Trinajstić information content (AvgIpc) is 2.35. The normalized spacial score (nSPS) is 28.3. The van der Waals surface area contributed by atoms with Crippen LogP contribution in [-0.4, -0.2) is 23.4 Å². The van der Waals surface area contributed by atoms with Crippen molar-refractivity contribution in [1.29, 1.82) is 0 Å². The first kappa shape index (κ1) is 13.8. The van der Waals surface area contributed by atoms with Gasteiger partial charge in [-0.3, -0.25) is 0 Å². The average molecular weight is 273 g/mol. The van der Waals surface area contributed by atoms with Gasteiger partial charge in [-0.1, -0.05) is 30.7 Å². The predicted molar refractivity (Wildman–Crippen MR) is 69.3 cm³/mol. The van der Waals surface area contributed by atoms with Crippen molar-refractivity contribution in [3.63, 3.8) is 0 Å². The van der Waals surface area contributed by atoms with E-state index in [2.05, 4.69) is 0 Å². The molecule has 1 aliphatic rings. The van der Waals surface area contributed by atoms with Gasteiger partial charge in [-0.25, -0.2) is 4.39 Å². The lowest BCUT2D eigenvalue weighted by Crippen LogP contribution is -2.42. The van der Waals surface area contributed by atoms with E-state index in [1.165, 1.54) is 6.07 Å². The molecule has 2 atom stereocenters. The molecule has 0 aromatic heterocycles. The third-order valence-corrected chi connectivity index (χ3v) is 3.96. The topological polar surface area (TPSA) is 29.5 Å². The fourth-order valence-corrected chi connectivity index (χ4v) is 2.66. The second-order valence-electron chi connectivity index (χ2n) is 4.97. The number of rotatable bonds is 3. The van der Waals surface area contributed by atoms with E-state index in [1.54, 1.807) is 12.1 Å². The van der Waals surface area contributed by atoms with Crippen LogP contribution in [0.5, 0.6) is 0 Å². The molecule has 1 N–H and O–H groups in total. The van der Waals surface area contributed by atoms with Gasteiger partial charge in [0.05, 0.1) is 16.7 Å². The third-order valence-electron chi connectivity index (χ3n) is 3.54. The number of benzene rings is 1. The van der Waals surface area contributed by atoms with Crippen LogP contribution in [0.2, 0.25) is 5.02 Å². The van der Waals surface area contributed by atoms with E-state index in [0.717, 1.165) is 6.42 Å². The van der Waals surface area contributed by atoms with Crippen molar-refractivity contribution in [2.24, 2.45) is 0 Å². The molecule has 0 aliphatic carbocycles. The molecule has 1 aliphatic heterocycles. The molecular formula is C14H18ClFO2. The van der Waals surface area contributed by atoms with Gasteiger partial charge in [-0.2, -0.15) is 0 Å². The Morgan fingerprint density at radius 1 is 1.56 bits per heavy atom.